The van der Waals surface area contributed by atoms with Gasteiger partial charge in [0.05, 0.1) is 5.25 Å². The second-order valence-electron chi connectivity index (χ2n) is 5.63. The standard InChI is InChI=1S/C18H16ClFN4OS/c1-11(17(25)21-15-9-7-14(20)8-10-15)26-18-23-22-16(24(18)2)12-3-5-13(19)6-4-12/h3-11H,1-2H3,(H,21,25)/t11-/m0/s1. The summed E-state index contributed by atoms with van der Waals surface area (Å²) in [7, 11) is 1.84. The third-order valence-electron chi connectivity index (χ3n) is 3.70. The van der Waals surface area contributed by atoms with E-state index >= 15 is 0 Å². The molecule has 0 aliphatic rings. The van der Waals surface area contributed by atoms with Crippen LogP contribution in [0.4, 0.5) is 10.1 Å². The lowest BCUT2D eigenvalue weighted by molar-refractivity contribution is -0.115. The fraction of sp³-hybridized carbons (Fsp3) is 0.167. The Morgan fingerprint density at radius 3 is 2.46 bits per heavy atom. The maximum absolute atomic E-state index is 12.9. The van der Waals surface area contributed by atoms with Crippen LogP contribution >= 0.6 is 23.4 Å². The smallest absolute Gasteiger partial charge is 0.237 e. The van der Waals surface area contributed by atoms with E-state index in [4.69, 9.17) is 11.6 Å². The zero-order valence-electron chi connectivity index (χ0n) is 14.1. The normalized spacial score (nSPS) is 12.0. The number of nitrogens with zero attached hydrogens (tertiary/aromatic N) is 3. The van der Waals surface area contributed by atoms with Crippen LogP contribution in [0.2, 0.25) is 5.02 Å². The van der Waals surface area contributed by atoms with E-state index in [2.05, 4.69) is 15.5 Å². The van der Waals surface area contributed by atoms with Crippen LogP contribution in [0, 0.1) is 5.82 Å². The molecule has 3 aromatic rings. The summed E-state index contributed by atoms with van der Waals surface area (Å²) in [6.07, 6.45) is 0. The van der Waals surface area contributed by atoms with Crippen molar-refractivity contribution in [3.63, 3.8) is 0 Å². The van der Waals surface area contributed by atoms with E-state index in [0.29, 0.717) is 21.7 Å². The van der Waals surface area contributed by atoms with E-state index in [1.807, 2.05) is 23.7 Å². The predicted octanol–water partition coefficient (Wildman–Crippen LogP) is 4.39. The largest absolute Gasteiger partial charge is 0.325 e. The molecule has 5 nitrogen and oxygen atoms in total. The quantitative estimate of drug-likeness (QED) is 0.656. The fourth-order valence-corrected chi connectivity index (χ4v) is 3.20. The summed E-state index contributed by atoms with van der Waals surface area (Å²) in [6.45, 7) is 1.78. The van der Waals surface area contributed by atoms with E-state index in [1.54, 1.807) is 19.1 Å². The van der Waals surface area contributed by atoms with Crippen molar-refractivity contribution >= 4 is 35.0 Å². The van der Waals surface area contributed by atoms with E-state index < -0.39 is 5.25 Å². The van der Waals surface area contributed by atoms with E-state index in [9.17, 15) is 9.18 Å². The number of aromatic nitrogens is 3. The van der Waals surface area contributed by atoms with Gasteiger partial charge in [-0.25, -0.2) is 4.39 Å². The van der Waals surface area contributed by atoms with Crippen molar-refractivity contribution in [2.24, 2.45) is 7.05 Å². The number of rotatable bonds is 5. The number of amides is 1. The molecule has 0 saturated carbocycles. The van der Waals surface area contributed by atoms with Crippen LogP contribution in [0.5, 0.6) is 0 Å². The zero-order valence-corrected chi connectivity index (χ0v) is 15.7. The van der Waals surface area contributed by atoms with Gasteiger partial charge in [-0.3, -0.25) is 4.79 Å². The molecule has 3 rings (SSSR count). The first-order valence-corrected chi connectivity index (χ1v) is 9.08. The number of thioether (sulfide) groups is 1. The first kappa shape index (κ1) is 18.4. The van der Waals surface area contributed by atoms with Crippen LogP contribution in [0.15, 0.2) is 53.7 Å². The number of hydrogen-bond acceptors (Lipinski definition) is 4. The van der Waals surface area contributed by atoms with Crippen molar-refractivity contribution in [3.05, 3.63) is 59.4 Å². The molecule has 0 aliphatic heterocycles. The van der Waals surface area contributed by atoms with Crippen LogP contribution in [0.3, 0.4) is 0 Å². The molecule has 2 aromatic carbocycles. The van der Waals surface area contributed by atoms with Gasteiger partial charge in [-0.2, -0.15) is 0 Å². The molecule has 1 aromatic heterocycles. The monoisotopic (exact) mass is 390 g/mol. The summed E-state index contributed by atoms with van der Waals surface area (Å²) in [6, 6.07) is 12.9. The van der Waals surface area contributed by atoms with Crippen molar-refractivity contribution < 1.29 is 9.18 Å². The third kappa shape index (κ3) is 4.23. The van der Waals surface area contributed by atoms with Gasteiger partial charge in [0.25, 0.3) is 0 Å². The Labute approximate surface area is 159 Å². The Balaban J connectivity index is 1.69. The molecule has 134 valence electrons. The van der Waals surface area contributed by atoms with Gasteiger partial charge in [0, 0.05) is 23.3 Å². The van der Waals surface area contributed by atoms with Crippen molar-refractivity contribution in [2.45, 2.75) is 17.3 Å². The van der Waals surface area contributed by atoms with Crippen molar-refractivity contribution in [1.82, 2.24) is 14.8 Å². The van der Waals surface area contributed by atoms with Crippen LogP contribution in [-0.2, 0) is 11.8 Å². The van der Waals surface area contributed by atoms with Crippen LogP contribution in [0.25, 0.3) is 11.4 Å². The molecular formula is C18H16ClFN4OS. The number of halogens is 2. The summed E-state index contributed by atoms with van der Waals surface area (Å²) >= 11 is 7.21. The Morgan fingerprint density at radius 1 is 1.15 bits per heavy atom. The molecule has 0 radical (unpaired) electrons. The molecule has 0 aliphatic carbocycles. The second-order valence-corrected chi connectivity index (χ2v) is 7.37. The summed E-state index contributed by atoms with van der Waals surface area (Å²) in [5.41, 5.74) is 1.43. The molecule has 8 heteroatoms. The van der Waals surface area contributed by atoms with Crippen LogP contribution in [-0.4, -0.2) is 25.9 Å². The van der Waals surface area contributed by atoms with Gasteiger partial charge >= 0.3 is 0 Å². The SMILES string of the molecule is C[C@H](Sc1nnc(-c2ccc(Cl)cc2)n1C)C(=O)Nc1ccc(F)cc1. The number of carbonyl (C=O) groups is 1. The molecule has 0 fully saturated rings. The highest BCUT2D eigenvalue weighted by Crippen LogP contribution is 2.27. The van der Waals surface area contributed by atoms with Gasteiger partial charge < -0.3 is 9.88 Å². The Morgan fingerprint density at radius 2 is 1.81 bits per heavy atom. The zero-order chi connectivity index (χ0) is 18.7. The highest BCUT2D eigenvalue weighted by molar-refractivity contribution is 8.00. The van der Waals surface area contributed by atoms with E-state index in [1.165, 1.54) is 36.0 Å². The maximum Gasteiger partial charge on any atom is 0.237 e. The van der Waals surface area contributed by atoms with Crippen molar-refractivity contribution in [3.8, 4) is 11.4 Å². The summed E-state index contributed by atoms with van der Waals surface area (Å²) in [5, 5.41) is 12.0. The summed E-state index contributed by atoms with van der Waals surface area (Å²) < 4.78 is 14.8. The first-order chi connectivity index (χ1) is 12.4. The number of nitrogens with one attached hydrogen (secondary N) is 1. The number of benzene rings is 2. The number of hydrogen-bond donors (Lipinski definition) is 1. The topological polar surface area (TPSA) is 59.8 Å². The van der Waals surface area contributed by atoms with E-state index in [0.717, 1.165) is 5.56 Å². The highest BCUT2D eigenvalue weighted by atomic mass is 35.5. The molecule has 1 amide bonds. The molecule has 1 heterocycles. The molecule has 1 N–H and O–H groups in total. The lowest BCUT2D eigenvalue weighted by Gasteiger charge is -2.11. The fourth-order valence-electron chi connectivity index (χ4n) is 2.26. The average Bonchev–Trinajstić information content (AvgIpc) is 2.98. The van der Waals surface area contributed by atoms with Crippen LogP contribution in [0.1, 0.15) is 6.92 Å². The second kappa shape index (κ2) is 7.88. The molecule has 0 unspecified atom stereocenters. The lowest BCUT2D eigenvalue weighted by Crippen LogP contribution is -2.22. The van der Waals surface area contributed by atoms with Crippen LogP contribution < -0.4 is 5.32 Å². The average molecular weight is 391 g/mol. The molecule has 26 heavy (non-hydrogen) atoms. The Kier molecular flexibility index (Phi) is 5.58. The minimum atomic E-state index is -0.402. The minimum absolute atomic E-state index is 0.197. The molecule has 0 spiro atoms. The van der Waals surface area contributed by atoms with Gasteiger partial charge in [0.15, 0.2) is 11.0 Å². The summed E-state index contributed by atoms with van der Waals surface area (Å²) in [4.78, 5) is 12.3. The molecular weight excluding hydrogens is 375 g/mol. The van der Waals surface area contributed by atoms with Gasteiger partial charge in [0.2, 0.25) is 5.91 Å². The highest BCUT2D eigenvalue weighted by Gasteiger charge is 2.19. The number of carbonyl (C=O) groups excluding carboxylic acids is 1. The minimum Gasteiger partial charge on any atom is -0.325 e. The van der Waals surface area contributed by atoms with Gasteiger partial charge in [-0.15, -0.1) is 10.2 Å². The molecule has 0 bridgehead atoms. The third-order valence-corrected chi connectivity index (χ3v) is 5.09. The van der Waals surface area contributed by atoms with Crippen molar-refractivity contribution in [1.29, 1.82) is 0 Å². The van der Waals surface area contributed by atoms with Gasteiger partial charge in [-0.05, 0) is 55.5 Å². The first-order valence-electron chi connectivity index (χ1n) is 7.82. The number of anilines is 1. The van der Waals surface area contributed by atoms with E-state index in [-0.39, 0.29) is 11.7 Å². The summed E-state index contributed by atoms with van der Waals surface area (Å²) in [5.74, 6) is 0.146. The Bertz CT molecular complexity index is 912. The van der Waals surface area contributed by atoms with Gasteiger partial charge in [-0.1, -0.05) is 23.4 Å². The molecule has 0 saturated heterocycles. The maximum atomic E-state index is 12.9. The Hall–Kier alpha value is -2.38. The molecule has 1 atom stereocenters. The lowest BCUT2D eigenvalue weighted by atomic mass is 10.2. The van der Waals surface area contributed by atoms with Crippen molar-refractivity contribution in [2.75, 3.05) is 5.32 Å². The predicted molar refractivity (Wildman–Crippen MR) is 102 cm³/mol. The van der Waals surface area contributed by atoms with Gasteiger partial charge in [0.1, 0.15) is 5.82 Å².